The normalized spacial score (nSPS) is 14.5. The Morgan fingerprint density at radius 3 is 2.68 bits per heavy atom. The number of carbonyl (C=O) groups excluding carboxylic acids is 2. The van der Waals surface area contributed by atoms with E-state index >= 15 is 0 Å². The molecule has 1 aliphatic heterocycles. The first-order chi connectivity index (χ1) is 15.0. The molecule has 2 amide bonds. The summed E-state index contributed by atoms with van der Waals surface area (Å²) >= 11 is 1.27. The van der Waals surface area contributed by atoms with Crippen molar-refractivity contribution in [2.75, 3.05) is 48.8 Å². The molecule has 0 aliphatic carbocycles. The summed E-state index contributed by atoms with van der Waals surface area (Å²) in [4.78, 5) is 33.5. The maximum atomic E-state index is 12.5. The van der Waals surface area contributed by atoms with E-state index in [0.717, 1.165) is 37.4 Å². The maximum Gasteiger partial charge on any atom is 0.293 e. The number of rotatable bonds is 6. The number of aryl methyl sites for hydroxylation is 1. The Bertz CT molecular complexity index is 1060. The summed E-state index contributed by atoms with van der Waals surface area (Å²) in [5, 5.41) is 7.80. The summed E-state index contributed by atoms with van der Waals surface area (Å²) in [5.41, 5.74) is 3.71. The van der Waals surface area contributed by atoms with Crippen molar-refractivity contribution >= 4 is 39.7 Å². The Balaban J connectivity index is 1.32. The summed E-state index contributed by atoms with van der Waals surface area (Å²) in [5.74, 6) is -0.308. The number of thiazole rings is 1. The van der Waals surface area contributed by atoms with Gasteiger partial charge in [0.2, 0.25) is 5.91 Å². The number of anilines is 3. The lowest BCUT2D eigenvalue weighted by Gasteiger charge is -2.35. The minimum absolute atomic E-state index is 0.131. The molecule has 0 unspecified atom stereocenters. The largest absolute Gasteiger partial charge is 0.459 e. The Labute approximate surface area is 184 Å². The van der Waals surface area contributed by atoms with E-state index in [0.29, 0.717) is 10.8 Å². The average Bonchev–Trinajstić information content (AvgIpc) is 3.41. The van der Waals surface area contributed by atoms with Crippen LogP contribution in [0.4, 0.5) is 16.5 Å². The first-order valence-corrected chi connectivity index (χ1v) is 11.0. The van der Waals surface area contributed by atoms with Crippen molar-refractivity contribution in [2.24, 2.45) is 0 Å². The van der Waals surface area contributed by atoms with Crippen LogP contribution in [0.1, 0.15) is 21.8 Å². The van der Waals surface area contributed by atoms with Crippen LogP contribution in [0.5, 0.6) is 0 Å². The van der Waals surface area contributed by atoms with E-state index in [1.165, 1.54) is 23.3 Å². The molecule has 1 saturated heterocycles. The summed E-state index contributed by atoms with van der Waals surface area (Å²) in [6.07, 6.45) is 1.57. The highest BCUT2D eigenvalue weighted by molar-refractivity contribution is 7.14. The molecule has 0 spiro atoms. The Morgan fingerprint density at radius 2 is 1.97 bits per heavy atom. The number of nitrogens with one attached hydrogen (secondary N) is 2. The van der Waals surface area contributed by atoms with Crippen molar-refractivity contribution in [2.45, 2.75) is 13.3 Å². The van der Waals surface area contributed by atoms with E-state index in [1.807, 2.05) is 12.1 Å². The van der Waals surface area contributed by atoms with Gasteiger partial charge in [0.15, 0.2) is 10.9 Å². The van der Waals surface area contributed by atoms with Gasteiger partial charge in [-0.2, -0.15) is 0 Å². The van der Waals surface area contributed by atoms with Crippen molar-refractivity contribution in [1.82, 2.24) is 9.88 Å². The van der Waals surface area contributed by atoms with Crippen LogP contribution < -0.4 is 15.5 Å². The molecule has 1 aromatic carbocycles. The van der Waals surface area contributed by atoms with Gasteiger partial charge in [-0.3, -0.25) is 14.9 Å². The molecule has 3 aromatic rings. The van der Waals surface area contributed by atoms with E-state index in [2.05, 4.69) is 45.5 Å². The SMILES string of the molecule is Cc1cc(NC(=O)Cc2csc(NC(=O)c3ccco3)n2)ccc1N1CCN(C)CC1. The number of hydrogen-bond donors (Lipinski definition) is 2. The first-order valence-electron chi connectivity index (χ1n) is 10.1. The lowest BCUT2D eigenvalue weighted by Crippen LogP contribution is -2.44. The van der Waals surface area contributed by atoms with Gasteiger partial charge in [0.25, 0.3) is 5.91 Å². The highest BCUT2D eigenvalue weighted by Crippen LogP contribution is 2.25. The molecular formula is C22H25N5O3S. The molecule has 0 saturated carbocycles. The van der Waals surface area contributed by atoms with Gasteiger partial charge in [-0.1, -0.05) is 0 Å². The van der Waals surface area contributed by atoms with Gasteiger partial charge in [-0.15, -0.1) is 11.3 Å². The lowest BCUT2D eigenvalue weighted by atomic mass is 10.1. The van der Waals surface area contributed by atoms with Gasteiger partial charge < -0.3 is 19.5 Å². The van der Waals surface area contributed by atoms with E-state index in [9.17, 15) is 9.59 Å². The van der Waals surface area contributed by atoms with Gasteiger partial charge in [0, 0.05) is 42.9 Å². The van der Waals surface area contributed by atoms with Gasteiger partial charge in [-0.25, -0.2) is 4.98 Å². The third-order valence-electron chi connectivity index (χ3n) is 5.18. The van der Waals surface area contributed by atoms with E-state index in [1.54, 1.807) is 17.5 Å². The van der Waals surface area contributed by atoms with Gasteiger partial charge >= 0.3 is 0 Å². The molecule has 0 radical (unpaired) electrons. The number of benzene rings is 1. The number of likely N-dealkylation sites (N-methyl/N-ethyl adjacent to an activating group) is 1. The Morgan fingerprint density at radius 1 is 1.16 bits per heavy atom. The van der Waals surface area contributed by atoms with Crippen LogP contribution in [0.15, 0.2) is 46.4 Å². The van der Waals surface area contributed by atoms with Crippen molar-refractivity contribution in [3.8, 4) is 0 Å². The highest BCUT2D eigenvalue weighted by atomic mass is 32.1. The van der Waals surface area contributed by atoms with Crippen LogP contribution in [0.2, 0.25) is 0 Å². The van der Waals surface area contributed by atoms with Crippen LogP contribution in [-0.2, 0) is 11.2 Å². The summed E-state index contributed by atoms with van der Waals surface area (Å²) in [6, 6.07) is 9.23. The zero-order valence-electron chi connectivity index (χ0n) is 17.6. The van der Waals surface area contributed by atoms with E-state index < -0.39 is 0 Å². The van der Waals surface area contributed by atoms with Crippen molar-refractivity contribution in [3.05, 3.63) is 59.0 Å². The monoisotopic (exact) mass is 439 g/mol. The second-order valence-electron chi connectivity index (χ2n) is 7.59. The molecule has 3 heterocycles. The second kappa shape index (κ2) is 9.32. The molecule has 2 aromatic heterocycles. The Kier molecular flexibility index (Phi) is 6.34. The lowest BCUT2D eigenvalue weighted by molar-refractivity contribution is -0.115. The predicted molar refractivity (Wildman–Crippen MR) is 122 cm³/mol. The molecule has 4 rings (SSSR count). The third-order valence-corrected chi connectivity index (χ3v) is 5.99. The molecule has 2 N–H and O–H groups in total. The molecule has 1 fully saturated rings. The molecule has 162 valence electrons. The molecular weight excluding hydrogens is 414 g/mol. The molecule has 31 heavy (non-hydrogen) atoms. The van der Waals surface area contributed by atoms with Crippen LogP contribution in [-0.4, -0.2) is 54.9 Å². The average molecular weight is 440 g/mol. The number of carbonyl (C=O) groups is 2. The van der Waals surface area contributed by atoms with E-state index in [4.69, 9.17) is 4.42 Å². The standard InChI is InChI=1S/C22H25N5O3S/c1-15-12-16(5-6-18(15)27-9-7-26(2)8-10-27)23-20(28)13-17-14-31-22(24-17)25-21(29)19-4-3-11-30-19/h3-6,11-12,14H,7-10,13H2,1-2H3,(H,23,28)(H,24,25,29). The summed E-state index contributed by atoms with van der Waals surface area (Å²) < 4.78 is 5.06. The van der Waals surface area contributed by atoms with Crippen LogP contribution in [0, 0.1) is 6.92 Å². The number of nitrogens with zero attached hydrogens (tertiary/aromatic N) is 3. The Hall–Kier alpha value is -3.17. The number of piperazine rings is 1. The fourth-order valence-corrected chi connectivity index (χ4v) is 4.22. The fraction of sp³-hybridized carbons (Fsp3) is 0.318. The van der Waals surface area contributed by atoms with Crippen molar-refractivity contribution in [1.29, 1.82) is 0 Å². The van der Waals surface area contributed by atoms with Crippen LogP contribution in [0.25, 0.3) is 0 Å². The smallest absolute Gasteiger partial charge is 0.293 e. The van der Waals surface area contributed by atoms with Gasteiger partial charge in [-0.05, 0) is 49.9 Å². The summed E-state index contributed by atoms with van der Waals surface area (Å²) in [7, 11) is 2.14. The molecule has 9 heteroatoms. The van der Waals surface area contributed by atoms with Crippen LogP contribution in [0.3, 0.4) is 0 Å². The van der Waals surface area contributed by atoms with Gasteiger partial charge in [0.05, 0.1) is 18.4 Å². The van der Waals surface area contributed by atoms with Crippen molar-refractivity contribution < 1.29 is 14.0 Å². The van der Waals surface area contributed by atoms with Crippen molar-refractivity contribution in [3.63, 3.8) is 0 Å². The number of hydrogen-bond acceptors (Lipinski definition) is 7. The highest BCUT2D eigenvalue weighted by Gasteiger charge is 2.17. The minimum Gasteiger partial charge on any atom is -0.459 e. The zero-order chi connectivity index (χ0) is 21.8. The first kappa shape index (κ1) is 21.1. The minimum atomic E-state index is -0.369. The maximum absolute atomic E-state index is 12.5. The number of furan rings is 1. The number of amides is 2. The molecule has 0 bridgehead atoms. The van der Waals surface area contributed by atoms with Crippen LogP contribution >= 0.6 is 11.3 Å². The number of aromatic nitrogens is 1. The van der Waals surface area contributed by atoms with Gasteiger partial charge in [0.1, 0.15) is 0 Å². The molecule has 0 atom stereocenters. The fourth-order valence-electron chi connectivity index (χ4n) is 3.52. The second-order valence-corrected chi connectivity index (χ2v) is 8.45. The topological polar surface area (TPSA) is 90.7 Å². The summed E-state index contributed by atoms with van der Waals surface area (Å²) in [6.45, 7) is 6.18. The zero-order valence-corrected chi connectivity index (χ0v) is 18.4. The van der Waals surface area contributed by atoms with E-state index in [-0.39, 0.29) is 24.0 Å². The third kappa shape index (κ3) is 5.31. The quantitative estimate of drug-likeness (QED) is 0.613. The predicted octanol–water partition coefficient (Wildman–Crippen LogP) is 3.23. The molecule has 8 nitrogen and oxygen atoms in total. The molecule has 1 aliphatic rings.